The van der Waals surface area contributed by atoms with Gasteiger partial charge in [-0.2, -0.15) is 0 Å². The number of hydrogen-bond donors (Lipinski definition) is 1. The van der Waals surface area contributed by atoms with Crippen LogP contribution < -0.4 is 5.73 Å². The van der Waals surface area contributed by atoms with Crippen LogP contribution in [-0.4, -0.2) is 0 Å². The van der Waals surface area contributed by atoms with E-state index in [4.69, 9.17) is 17.3 Å². The summed E-state index contributed by atoms with van der Waals surface area (Å²) in [5.74, 6) is 0. The summed E-state index contributed by atoms with van der Waals surface area (Å²) in [6.07, 6.45) is 0. The van der Waals surface area contributed by atoms with E-state index < -0.39 is 0 Å². The van der Waals surface area contributed by atoms with Crippen LogP contribution in [0.25, 0.3) is 0 Å². The molecular weight excluding hydrogens is 294 g/mol. The molecule has 1 atom stereocenters. The van der Waals surface area contributed by atoms with Crippen LogP contribution in [0.5, 0.6) is 0 Å². The minimum Gasteiger partial charge on any atom is -0.320 e. The van der Waals surface area contributed by atoms with Gasteiger partial charge in [-0.15, -0.1) is 11.3 Å². The van der Waals surface area contributed by atoms with Gasteiger partial charge in [0.25, 0.3) is 0 Å². The third-order valence-electron chi connectivity index (χ3n) is 2.15. The van der Waals surface area contributed by atoms with Crippen LogP contribution in [0.1, 0.15) is 16.5 Å². The second-order valence-corrected chi connectivity index (χ2v) is 5.41. The maximum atomic E-state index is 6.13. The van der Waals surface area contributed by atoms with E-state index in [9.17, 15) is 0 Å². The molecule has 0 fully saturated rings. The highest BCUT2D eigenvalue weighted by molar-refractivity contribution is 9.10. The summed E-state index contributed by atoms with van der Waals surface area (Å²) < 4.78 is 0.883. The zero-order chi connectivity index (χ0) is 10.8. The Bertz CT molecular complexity index is 456. The molecule has 1 aromatic carbocycles. The topological polar surface area (TPSA) is 26.0 Å². The standard InChI is InChI=1S/C11H9BrClNS/c12-8-6-7(3-4-9(8)13)11(14)10-2-1-5-15-10/h1-6,11H,14H2. The van der Waals surface area contributed by atoms with Crippen LogP contribution in [0.2, 0.25) is 5.02 Å². The molecule has 0 aliphatic carbocycles. The summed E-state index contributed by atoms with van der Waals surface area (Å²) in [7, 11) is 0. The molecule has 0 saturated heterocycles. The van der Waals surface area contributed by atoms with E-state index in [1.807, 2.05) is 35.7 Å². The molecule has 1 unspecified atom stereocenters. The zero-order valence-corrected chi connectivity index (χ0v) is 10.9. The van der Waals surface area contributed by atoms with Gasteiger partial charge in [-0.1, -0.05) is 23.7 Å². The Balaban J connectivity index is 2.34. The molecule has 1 heterocycles. The third-order valence-corrected chi connectivity index (χ3v) is 4.32. The Morgan fingerprint density at radius 1 is 1.33 bits per heavy atom. The van der Waals surface area contributed by atoms with Gasteiger partial charge in [0.2, 0.25) is 0 Å². The molecular formula is C11H9BrClNS. The number of benzene rings is 1. The van der Waals surface area contributed by atoms with Gasteiger partial charge in [0.05, 0.1) is 11.1 Å². The van der Waals surface area contributed by atoms with Gasteiger partial charge in [-0.05, 0) is 45.1 Å². The number of rotatable bonds is 2. The molecule has 1 nitrogen and oxygen atoms in total. The second-order valence-electron chi connectivity index (χ2n) is 3.17. The van der Waals surface area contributed by atoms with E-state index >= 15 is 0 Å². The molecule has 0 amide bonds. The average Bonchev–Trinajstić information content (AvgIpc) is 2.74. The molecule has 2 N–H and O–H groups in total. The van der Waals surface area contributed by atoms with Crippen molar-refractivity contribution in [1.82, 2.24) is 0 Å². The van der Waals surface area contributed by atoms with Crippen molar-refractivity contribution in [2.45, 2.75) is 6.04 Å². The van der Waals surface area contributed by atoms with Crippen molar-refractivity contribution in [3.63, 3.8) is 0 Å². The van der Waals surface area contributed by atoms with Gasteiger partial charge in [-0.3, -0.25) is 0 Å². The molecule has 2 aromatic rings. The van der Waals surface area contributed by atoms with Crippen LogP contribution in [0.4, 0.5) is 0 Å². The third kappa shape index (κ3) is 2.42. The van der Waals surface area contributed by atoms with Crippen molar-refractivity contribution < 1.29 is 0 Å². The van der Waals surface area contributed by atoms with E-state index in [1.165, 1.54) is 0 Å². The quantitative estimate of drug-likeness (QED) is 0.883. The fourth-order valence-corrected chi connectivity index (χ4v) is 2.61. The van der Waals surface area contributed by atoms with E-state index in [-0.39, 0.29) is 6.04 Å². The second kappa shape index (κ2) is 4.66. The van der Waals surface area contributed by atoms with Crippen LogP contribution in [0.3, 0.4) is 0 Å². The first kappa shape index (κ1) is 11.1. The molecule has 4 heteroatoms. The van der Waals surface area contributed by atoms with E-state index in [2.05, 4.69) is 15.9 Å². The fourth-order valence-electron chi connectivity index (χ4n) is 1.34. The smallest absolute Gasteiger partial charge is 0.0646 e. The lowest BCUT2D eigenvalue weighted by Gasteiger charge is -2.10. The van der Waals surface area contributed by atoms with E-state index in [0.717, 1.165) is 14.9 Å². The van der Waals surface area contributed by atoms with Gasteiger partial charge < -0.3 is 5.73 Å². The van der Waals surface area contributed by atoms with Gasteiger partial charge in [0, 0.05) is 9.35 Å². The Morgan fingerprint density at radius 2 is 2.13 bits per heavy atom. The normalized spacial score (nSPS) is 12.7. The average molecular weight is 303 g/mol. The Morgan fingerprint density at radius 3 is 2.73 bits per heavy atom. The number of nitrogens with two attached hydrogens (primary N) is 1. The van der Waals surface area contributed by atoms with Gasteiger partial charge in [-0.25, -0.2) is 0 Å². The molecule has 0 radical (unpaired) electrons. The summed E-state index contributed by atoms with van der Waals surface area (Å²) in [6, 6.07) is 9.75. The summed E-state index contributed by atoms with van der Waals surface area (Å²) in [6.45, 7) is 0. The lowest BCUT2D eigenvalue weighted by Crippen LogP contribution is -2.09. The number of hydrogen-bond acceptors (Lipinski definition) is 2. The maximum Gasteiger partial charge on any atom is 0.0646 e. The van der Waals surface area contributed by atoms with Crippen molar-refractivity contribution in [2.24, 2.45) is 5.73 Å². The fraction of sp³-hybridized carbons (Fsp3) is 0.0909. The molecule has 0 bridgehead atoms. The molecule has 0 aliphatic heterocycles. The molecule has 0 aliphatic rings. The predicted molar refractivity (Wildman–Crippen MR) is 69.5 cm³/mol. The summed E-state index contributed by atoms with van der Waals surface area (Å²) in [5.41, 5.74) is 7.19. The summed E-state index contributed by atoms with van der Waals surface area (Å²) in [5, 5.41) is 2.73. The molecule has 15 heavy (non-hydrogen) atoms. The first-order valence-electron chi connectivity index (χ1n) is 4.42. The molecule has 0 spiro atoms. The number of halogens is 2. The van der Waals surface area contributed by atoms with Crippen molar-refractivity contribution in [3.05, 3.63) is 55.6 Å². The van der Waals surface area contributed by atoms with Gasteiger partial charge in [0.1, 0.15) is 0 Å². The number of thiophene rings is 1. The van der Waals surface area contributed by atoms with E-state index in [1.54, 1.807) is 11.3 Å². The van der Waals surface area contributed by atoms with Crippen LogP contribution in [0.15, 0.2) is 40.2 Å². The Kier molecular flexibility index (Phi) is 3.46. The van der Waals surface area contributed by atoms with Crippen molar-refractivity contribution >= 4 is 38.9 Å². The minimum absolute atomic E-state index is 0.0708. The van der Waals surface area contributed by atoms with E-state index in [0.29, 0.717) is 5.02 Å². The van der Waals surface area contributed by atoms with Gasteiger partial charge >= 0.3 is 0 Å². The molecule has 2 rings (SSSR count). The Labute approximate surface area is 106 Å². The first-order chi connectivity index (χ1) is 7.18. The highest BCUT2D eigenvalue weighted by Gasteiger charge is 2.10. The molecule has 78 valence electrons. The minimum atomic E-state index is -0.0708. The van der Waals surface area contributed by atoms with Crippen LogP contribution in [0, 0.1) is 0 Å². The molecule has 0 saturated carbocycles. The summed E-state index contributed by atoms with van der Waals surface area (Å²) in [4.78, 5) is 1.16. The SMILES string of the molecule is NC(c1ccc(Cl)c(Br)c1)c1cccs1. The lowest BCUT2D eigenvalue weighted by molar-refractivity contribution is 0.892. The highest BCUT2D eigenvalue weighted by atomic mass is 79.9. The first-order valence-corrected chi connectivity index (χ1v) is 6.47. The lowest BCUT2D eigenvalue weighted by atomic mass is 10.1. The van der Waals surface area contributed by atoms with Crippen molar-refractivity contribution in [1.29, 1.82) is 0 Å². The van der Waals surface area contributed by atoms with Crippen LogP contribution in [-0.2, 0) is 0 Å². The maximum absolute atomic E-state index is 6.13. The monoisotopic (exact) mass is 301 g/mol. The Hall–Kier alpha value is -0.350. The van der Waals surface area contributed by atoms with Crippen molar-refractivity contribution in [2.75, 3.05) is 0 Å². The predicted octanol–water partition coefficient (Wildman–Crippen LogP) is 4.21. The van der Waals surface area contributed by atoms with Gasteiger partial charge in [0.15, 0.2) is 0 Å². The zero-order valence-electron chi connectivity index (χ0n) is 7.78. The van der Waals surface area contributed by atoms with Crippen LogP contribution >= 0.6 is 38.9 Å². The van der Waals surface area contributed by atoms with Crippen molar-refractivity contribution in [3.8, 4) is 0 Å². The summed E-state index contributed by atoms with van der Waals surface area (Å²) >= 11 is 11.0. The highest BCUT2D eigenvalue weighted by Crippen LogP contribution is 2.29. The largest absolute Gasteiger partial charge is 0.320 e. The molecule has 1 aromatic heterocycles.